The number of anilines is 1. The smallest absolute Gasteiger partial charge is 0.228 e. The van der Waals surface area contributed by atoms with Crippen LogP contribution in [0.1, 0.15) is 50.3 Å². The molecule has 1 amide bonds. The minimum Gasteiger partial charge on any atom is -0.485 e. The van der Waals surface area contributed by atoms with Crippen LogP contribution < -0.4 is 15.4 Å². The topological polar surface area (TPSA) is 70.6 Å². The third kappa shape index (κ3) is 3.17. The van der Waals surface area contributed by atoms with E-state index in [4.69, 9.17) is 4.74 Å². The first-order chi connectivity index (χ1) is 12.4. The first kappa shape index (κ1) is 17.3. The molecule has 0 aromatic heterocycles. The molecule has 3 N–H and O–H groups in total. The van der Waals surface area contributed by atoms with E-state index in [2.05, 4.69) is 28.9 Å². The van der Waals surface area contributed by atoms with Crippen molar-refractivity contribution in [2.75, 3.05) is 11.9 Å². The molecular weight excluding hydrogens is 328 g/mol. The number of carbonyl (C=O) groups is 1. The minimum atomic E-state index is -0.695. The SMILES string of the molecule is CC1(C)Oc2cc3c(cc2C(NCCC2=CCCC=C2)C1O)NC(=O)C3. The Morgan fingerprint density at radius 2 is 2.19 bits per heavy atom. The summed E-state index contributed by atoms with van der Waals surface area (Å²) in [6.07, 6.45) is 9.53. The lowest BCUT2D eigenvalue weighted by atomic mass is 9.85. The van der Waals surface area contributed by atoms with Crippen LogP contribution >= 0.6 is 0 Å². The first-order valence-corrected chi connectivity index (χ1v) is 9.37. The summed E-state index contributed by atoms with van der Waals surface area (Å²) in [6, 6.07) is 3.66. The zero-order chi connectivity index (χ0) is 18.3. The van der Waals surface area contributed by atoms with E-state index in [-0.39, 0.29) is 11.9 Å². The van der Waals surface area contributed by atoms with Gasteiger partial charge in [-0.05, 0) is 57.4 Å². The van der Waals surface area contributed by atoms with Crippen molar-refractivity contribution in [3.63, 3.8) is 0 Å². The third-order valence-corrected chi connectivity index (χ3v) is 5.45. The van der Waals surface area contributed by atoms with Gasteiger partial charge in [0.25, 0.3) is 0 Å². The fraction of sp³-hybridized carbons (Fsp3) is 0.476. The molecule has 1 aromatic rings. The fourth-order valence-electron chi connectivity index (χ4n) is 3.96. The zero-order valence-corrected chi connectivity index (χ0v) is 15.3. The number of fused-ring (bicyclic) bond motifs is 2. The highest BCUT2D eigenvalue weighted by atomic mass is 16.5. The van der Waals surface area contributed by atoms with Gasteiger partial charge in [0, 0.05) is 11.3 Å². The van der Waals surface area contributed by atoms with E-state index in [0.29, 0.717) is 6.42 Å². The van der Waals surface area contributed by atoms with Crippen LogP contribution in [0.15, 0.2) is 35.9 Å². The second kappa shape index (κ2) is 6.56. The van der Waals surface area contributed by atoms with Gasteiger partial charge in [-0.15, -0.1) is 0 Å². The van der Waals surface area contributed by atoms with Gasteiger partial charge in [0.1, 0.15) is 17.5 Å². The van der Waals surface area contributed by atoms with Crippen LogP contribution in [0, 0.1) is 0 Å². The molecule has 0 fully saturated rings. The summed E-state index contributed by atoms with van der Waals surface area (Å²) in [6.45, 7) is 4.58. The van der Waals surface area contributed by atoms with Gasteiger partial charge in [-0.3, -0.25) is 4.79 Å². The van der Waals surface area contributed by atoms with Crippen molar-refractivity contribution >= 4 is 11.6 Å². The van der Waals surface area contributed by atoms with Gasteiger partial charge in [0.2, 0.25) is 5.91 Å². The van der Waals surface area contributed by atoms with Crippen LogP contribution in [0.4, 0.5) is 5.69 Å². The maximum absolute atomic E-state index is 11.7. The van der Waals surface area contributed by atoms with Crippen LogP contribution in [0.5, 0.6) is 5.75 Å². The number of allylic oxidation sites excluding steroid dienone is 3. The Morgan fingerprint density at radius 1 is 1.35 bits per heavy atom. The predicted octanol–water partition coefficient (Wildman–Crippen LogP) is 3.01. The van der Waals surface area contributed by atoms with Gasteiger partial charge < -0.3 is 20.5 Å². The Morgan fingerprint density at radius 3 is 2.96 bits per heavy atom. The summed E-state index contributed by atoms with van der Waals surface area (Å²) < 4.78 is 6.07. The predicted molar refractivity (Wildman–Crippen MR) is 101 cm³/mol. The molecule has 0 bridgehead atoms. The monoisotopic (exact) mass is 354 g/mol. The van der Waals surface area contributed by atoms with Crippen LogP contribution in [0.3, 0.4) is 0 Å². The number of carbonyl (C=O) groups excluding carboxylic acids is 1. The molecule has 5 nitrogen and oxygen atoms in total. The Hall–Kier alpha value is -2.11. The highest BCUT2D eigenvalue weighted by Gasteiger charge is 2.43. The number of nitrogens with one attached hydrogen (secondary N) is 2. The molecule has 0 radical (unpaired) electrons. The van der Waals surface area contributed by atoms with E-state index in [0.717, 1.165) is 48.4 Å². The van der Waals surface area contributed by atoms with Crippen molar-refractivity contribution in [3.05, 3.63) is 47.1 Å². The molecule has 3 aliphatic rings. The highest BCUT2D eigenvalue weighted by molar-refractivity contribution is 5.99. The lowest BCUT2D eigenvalue weighted by Gasteiger charge is -2.42. The Bertz CT molecular complexity index is 795. The van der Waals surface area contributed by atoms with Crippen LogP contribution in [-0.2, 0) is 11.2 Å². The molecule has 0 saturated heterocycles. The van der Waals surface area contributed by atoms with Gasteiger partial charge in [0.15, 0.2) is 0 Å². The van der Waals surface area contributed by atoms with Crippen LogP contribution in [0.25, 0.3) is 0 Å². The molecule has 0 saturated carbocycles. The Labute approximate surface area is 154 Å². The average Bonchev–Trinajstić information content (AvgIpc) is 2.96. The normalized spacial score (nSPS) is 25.8. The molecule has 4 rings (SSSR count). The van der Waals surface area contributed by atoms with Gasteiger partial charge in [-0.25, -0.2) is 0 Å². The number of aliphatic hydroxyl groups is 1. The van der Waals surface area contributed by atoms with E-state index < -0.39 is 11.7 Å². The summed E-state index contributed by atoms with van der Waals surface area (Å²) in [5, 5.41) is 17.3. The molecule has 1 aromatic carbocycles. The van der Waals surface area contributed by atoms with Crippen molar-refractivity contribution in [1.82, 2.24) is 5.32 Å². The van der Waals surface area contributed by atoms with Gasteiger partial charge in [-0.2, -0.15) is 0 Å². The van der Waals surface area contributed by atoms with Gasteiger partial charge in [-0.1, -0.05) is 23.8 Å². The maximum atomic E-state index is 11.7. The number of hydrogen-bond acceptors (Lipinski definition) is 4. The summed E-state index contributed by atoms with van der Waals surface area (Å²) in [7, 11) is 0. The lowest BCUT2D eigenvalue weighted by Crippen LogP contribution is -2.52. The molecule has 5 heteroatoms. The average molecular weight is 354 g/mol. The van der Waals surface area contributed by atoms with Crippen molar-refractivity contribution in [2.45, 2.75) is 57.3 Å². The van der Waals surface area contributed by atoms with E-state index in [1.165, 1.54) is 5.57 Å². The van der Waals surface area contributed by atoms with Crippen molar-refractivity contribution in [2.24, 2.45) is 0 Å². The Balaban J connectivity index is 1.57. The second-order valence-electron chi connectivity index (χ2n) is 7.86. The molecule has 138 valence electrons. The summed E-state index contributed by atoms with van der Waals surface area (Å²) in [5.41, 5.74) is 3.34. The van der Waals surface area contributed by atoms with Crippen LogP contribution in [-0.4, -0.2) is 29.3 Å². The van der Waals surface area contributed by atoms with Crippen molar-refractivity contribution in [1.29, 1.82) is 0 Å². The molecule has 2 heterocycles. The number of ether oxygens (including phenoxy) is 1. The van der Waals surface area contributed by atoms with E-state index >= 15 is 0 Å². The second-order valence-corrected chi connectivity index (χ2v) is 7.86. The first-order valence-electron chi connectivity index (χ1n) is 9.37. The lowest BCUT2D eigenvalue weighted by molar-refractivity contribution is -0.115. The quantitative estimate of drug-likeness (QED) is 0.777. The molecule has 2 aliphatic heterocycles. The molecule has 2 atom stereocenters. The summed E-state index contributed by atoms with van der Waals surface area (Å²) in [4.78, 5) is 11.7. The largest absolute Gasteiger partial charge is 0.485 e. The maximum Gasteiger partial charge on any atom is 0.228 e. The molecule has 0 spiro atoms. The van der Waals surface area contributed by atoms with Gasteiger partial charge >= 0.3 is 0 Å². The zero-order valence-electron chi connectivity index (χ0n) is 15.3. The summed E-state index contributed by atoms with van der Waals surface area (Å²) >= 11 is 0. The van der Waals surface area contributed by atoms with Crippen LogP contribution in [0.2, 0.25) is 0 Å². The molecule has 2 unspecified atom stereocenters. The minimum absolute atomic E-state index is 0.00249. The van der Waals surface area contributed by atoms with E-state index in [9.17, 15) is 9.90 Å². The van der Waals surface area contributed by atoms with E-state index in [1.807, 2.05) is 26.0 Å². The number of hydrogen-bond donors (Lipinski definition) is 3. The number of rotatable bonds is 4. The van der Waals surface area contributed by atoms with E-state index in [1.54, 1.807) is 0 Å². The fourth-order valence-corrected chi connectivity index (χ4v) is 3.96. The third-order valence-electron chi connectivity index (χ3n) is 5.45. The van der Waals surface area contributed by atoms with Crippen molar-refractivity contribution in [3.8, 4) is 5.75 Å². The van der Waals surface area contributed by atoms with Crippen molar-refractivity contribution < 1.29 is 14.6 Å². The standard InChI is InChI=1S/C21H26N2O3/c1-21(2)20(25)19(22-9-8-13-6-4-3-5-7-13)15-12-16-14(10-17(15)26-21)11-18(24)23-16/h4,6-7,10,12,19-20,22,25H,3,5,8-9,11H2,1-2H3,(H,23,24). The highest BCUT2D eigenvalue weighted by Crippen LogP contribution is 2.43. The van der Waals surface area contributed by atoms with Gasteiger partial charge in [0.05, 0.1) is 12.5 Å². The number of benzene rings is 1. The Kier molecular flexibility index (Phi) is 4.37. The molecule has 1 aliphatic carbocycles. The number of amides is 1. The number of aliphatic hydroxyl groups excluding tert-OH is 1. The summed E-state index contributed by atoms with van der Waals surface area (Å²) in [5.74, 6) is 0.757. The molecular formula is C21H26N2O3. The molecule has 26 heavy (non-hydrogen) atoms.